The van der Waals surface area contributed by atoms with E-state index in [1.54, 1.807) is 10.6 Å². The molecule has 0 N–H and O–H groups in total. The van der Waals surface area contributed by atoms with Crippen molar-refractivity contribution < 1.29 is 4.79 Å². The highest BCUT2D eigenvalue weighted by atomic mass is 16.2. The number of fused-ring (bicyclic) bond motifs is 3. The predicted octanol–water partition coefficient (Wildman–Crippen LogP) is 2.68. The molecule has 0 saturated carbocycles. The normalized spacial score (nSPS) is 19.4. The van der Waals surface area contributed by atoms with Crippen LogP contribution >= 0.6 is 0 Å². The van der Waals surface area contributed by atoms with Crippen LogP contribution < -0.4 is 5.69 Å². The van der Waals surface area contributed by atoms with E-state index in [2.05, 4.69) is 23.9 Å². The van der Waals surface area contributed by atoms with Crippen LogP contribution in [0.1, 0.15) is 38.8 Å². The van der Waals surface area contributed by atoms with Crippen LogP contribution in [0.4, 0.5) is 0 Å². The summed E-state index contributed by atoms with van der Waals surface area (Å²) in [5, 5.41) is 4.60. The molecule has 8 heteroatoms. The van der Waals surface area contributed by atoms with Crippen molar-refractivity contribution in [2.45, 2.75) is 58.3 Å². The third-order valence-electron chi connectivity index (χ3n) is 6.29. The van der Waals surface area contributed by atoms with Crippen LogP contribution in [0.5, 0.6) is 0 Å². The maximum absolute atomic E-state index is 13.3. The van der Waals surface area contributed by atoms with Crippen LogP contribution in [0.3, 0.4) is 0 Å². The van der Waals surface area contributed by atoms with E-state index in [0.717, 1.165) is 36.0 Å². The average molecular weight is 419 g/mol. The Kier molecular flexibility index (Phi) is 4.84. The van der Waals surface area contributed by atoms with E-state index in [-0.39, 0.29) is 36.8 Å². The number of carbonyl (C=O) groups is 1. The van der Waals surface area contributed by atoms with Crippen LogP contribution in [-0.2, 0) is 17.9 Å². The molecule has 3 aromatic heterocycles. The van der Waals surface area contributed by atoms with E-state index in [1.165, 1.54) is 4.68 Å². The first-order valence-electron chi connectivity index (χ1n) is 10.8. The fraction of sp³-hybridized carbons (Fsp3) is 0.391. The quantitative estimate of drug-likeness (QED) is 0.511. The van der Waals surface area contributed by atoms with Gasteiger partial charge in [-0.25, -0.2) is 13.9 Å². The van der Waals surface area contributed by atoms with Gasteiger partial charge in [0.05, 0.1) is 23.3 Å². The summed E-state index contributed by atoms with van der Waals surface area (Å²) >= 11 is 0. The highest BCUT2D eigenvalue weighted by Gasteiger charge is 2.30. The summed E-state index contributed by atoms with van der Waals surface area (Å²) in [6, 6.07) is 13.7. The molecule has 1 aliphatic heterocycles. The fourth-order valence-electron chi connectivity index (χ4n) is 4.80. The zero-order valence-corrected chi connectivity index (χ0v) is 17.8. The molecular weight excluding hydrogens is 392 g/mol. The SMILES string of the molecule is C[C@@H]1CCC[C@@H](C)N1C(=O)Cn1c2ccccc2n2c(=O)n(Cc3ccccn3)nc12. The smallest absolute Gasteiger partial charge is 0.336 e. The highest BCUT2D eigenvalue weighted by Crippen LogP contribution is 2.24. The molecular formula is C23H26N6O2. The summed E-state index contributed by atoms with van der Waals surface area (Å²) in [6.45, 7) is 4.67. The molecule has 4 aromatic rings. The van der Waals surface area contributed by atoms with Crippen LogP contribution in [-0.4, -0.2) is 46.6 Å². The monoisotopic (exact) mass is 418 g/mol. The maximum atomic E-state index is 13.3. The van der Waals surface area contributed by atoms with Crippen LogP contribution in [0.25, 0.3) is 16.8 Å². The van der Waals surface area contributed by atoms with E-state index in [1.807, 2.05) is 51.9 Å². The lowest BCUT2D eigenvalue weighted by Crippen LogP contribution is -2.48. The number of likely N-dealkylation sites (tertiary alicyclic amines) is 1. The molecule has 1 amide bonds. The summed E-state index contributed by atoms with van der Waals surface area (Å²) < 4.78 is 4.87. The van der Waals surface area contributed by atoms with Gasteiger partial charge in [-0.2, -0.15) is 0 Å². The maximum Gasteiger partial charge on any atom is 0.352 e. The van der Waals surface area contributed by atoms with Crippen molar-refractivity contribution in [3.8, 4) is 0 Å². The first-order chi connectivity index (χ1) is 15.0. The number of amides is 1. The number of rotatable bonds is 4. The first-order valence-corrected chi connectivity index (χ1v) is 10.8. The van der Waals surface area contributed by atoms with Crippen LogP contribution in [0, 0.1) is 0 Å². The Bertz CT molecular complexity index is 1290. The Morgan fingerprint density at radius 1 is 1.03 bits per heavy atom. The minimum absolute atomic E-state index is 0.0645. The lowest BCUT2D eigenvalue weighted by atomic mass is 9.97. The molecule has 1 saturated heterocycles. The molecule has 5 rings (SSSR count). The topological polar surface area (TPSA) is 77.4 Å². The predicted molar refractivity (Wildman–Crippen MR) is 118 cm³/mol. The number of benzene rings is 1. The third kappa shape index (κ3) is 3.32. The van der Waals surface area contributed by atoms with Gasteiger partial charge in [-0.15, -0.1) is 5.10 Å². The van der Waals surface area contributed by atoms with Gasteiger partial charge in [0.1, 0.15) is 6.54 Å². The molecule has 0 radical (unpaired) electrons. The lowest BCUT2D eigenvalue weighted by Gasteiger charge is -2.39. The zero-order valence-electron chi connectivity index (χ0n) is 17.8. The summed E-state index contributed by atoms with van der Waals surface area (Å²) in [5.74, 6) is 0.544. The third-order valence-corrected chi connectivity index (χ3v) is 6.29. The largest absolute Gasteiger partial charge is 0.352 e. The number of hydrogen-bond donors (Lipinski definition) is 0. The van der Waals surface area contributed by atoms with Gasteiger partial charge in [0.25, 0.3) is 0 Å². The summed E-state index contributed by atoms with van der Waals surface area (Å²) in [5.41, 5.74) is 2.11. The van der Waals surface area contributed by atoms with E-state index in [9.17, 15) is 9.59 Å². The summed E-state index contributed by atoms with van der Waals surface area (Å²) in [4.78, 5) is 32.8. The fourth-order valence-corrected chi connectivity index (χ4v) is 4.80. The summed E-state index contributed by atoms with van der Waals surface area (Å²) in [6.07, 6.45) is 4.90. The second-order valence-electron chi connectivity index (χ2n) is 8.40. The highest BCUT2D eigenvalue weighted by molar-refractivity contribution is 5.84. The molecule has 1 aliphatic rings. The Morgan fingerprint density at radius 3 is 2.45 bits per heavy atom. The second-order valence-corrected chi connectivity index (χ2v) is 8.40. The number of pyridine rings is 1. The standard InChI is InChI=1S/C23H26N6O2/c1-16-8-7-9-17(2)28(16)21(30)15-26-19-11-3-4-12-20(19)29-22(26)25-27(23(29)31)14-18-10-5-6-13-24-18/h3-6,10-13,16-17H,7-9,14-15H2,1-2H3/t16-,17-/m1/s1. The Balaban J connectivity index is 1.59. The minimum atomic E-state index is -0.234. The van der Waals surface area contributed by atoms with Gasteiger partial charge in [-0.3, -0.25) is 14.3 Å². The van der Waals surface area contributed by atoms with Gasteiger partial charge < -0.3 is 4.90 Å². The number of carbonyl (C=O) groups excluding carboxylic acids is 1. The number of aromatic nitrogens is 5. The number of piperidine rings is 1. The van der Waals surface area contributed by atoms with E-state index < -0.39 is 0 Å². The molecule has 160 valence electrons. The van der Waals surface area contributed by atoms with E-state index in [0.29, 0.717) is 5.78 Å². The molecule has 8 nitrogen and oxygen atoms in total. The molecule has 2 atom stereocenters. The van der Waals surface area contributed by atoms with Gasteiger partial charge in [0.2, 0.25) is 11.7 Å². The van der Waals surface area contributed by atoms with Gasteiger partial charge in [0, 0.05) is 18.3 Å². The van der Waals surface area contributed by atoms with Crippen molar-refractivity contribution in [1.82, 2.24) is 28.6 Å². The zero-order chi connectivity index (χ0) is 21.5. The van der Waals surface area contributed by atoms with Crippen LogP contribution in [0.15, 0.2) is 53.5 Å². The van der Waals surface area contributed by atoms with Gasteiger partial charge >= 0.3 is 5.69 Å². The van der Waals surface area contributed by atoms with Gasteiger partial charge in [-0.05, 0) is 57.4 Å². The molecule has 0 aliphatic carbocycles. The van der Waals surface area contributed by atoms with Crippen molar-refractivity contribution in [2.75, 3.05) is 0 Å². The molecule has 1 aromatic carbocycles. The Morgan fingerprint density at radius 2 is 1.74 bits per heavy atom. The van der Waals surface area contributed by atoms with Gasteiger partial charge in [0.15, 0.2) is 0 Å². The van der Waals surface area contributed by atoms with E-state index >= 15 is 0 Å². The second kappa shape index (κ2) is 7.68. The minimum Gasteiger partial charge on any atom is -0.336 e. The first kappa shape index (κ1) is 19.5. The average Bonchev–Trinajstić information content (AvgIpc) is 3.24. The van der Waals surface area contributed by atoms with Crippen molar-refractivity contribution in [3.05, 3.63) is 64.8 Å². The number of imidazole rings is 1. The number of para-hydroxylation sites is 2. The number of nitrogens with zero attached hydrogens (tertiary/aromatic N) is 6. The summed E-state index contributed by atoms with van der Waals surface area (Å²) in [7, 11) is 0. The van der Waals surface area contributed by atoms with Crippen molar-refractivity contribution in [2.24, 2.45) is 0 Å². The molecule has 0 unspecified atom stereocenters. The van der Waals surface area contributed by atoms with Crippen molar-refractivity contribution in [1.29, 1.82) is 0 Å². The van der Waals surface area contributed by atoms with Crippen molar-refractivity contribution >= 4 is 22.7 Å². The van der Waals surface area contributed by atoms with E-state index in [4.69, 9.17) is 0 Å². The number of hydrogen-bond acceptors (Lipinski definition) is 4. The molecule has 31 heavy (non-hydrogen) atoms. The van der Waals surface area contributed by atoms with Crippen LogP contribution in [0.2, 0.25) is 0 Å². The lowest BCUT2D eigenvalue weighted by molar-refractivity contribution is -0.137. The Labute approximate surface area is 179 Å². The molecule has 4 heterocycles. The van der Waals surface area contributed by atoms with Crippen molar-refractivity contribution in [3.63, 3.8) is 0 Å². The van der Waals surface area contributed by atoms with Gasteiger partial charge in [-0.1, -0.05) is 18.2 Å². The molecule has 0 spiro atoms. The Hall–Kier alpha value is -3.42. The molecule has 1 fully saturated rings. The molecule has 0 bridgehead atoms.